The smallest absolute Gasteiger partial charge is 0.383 e. The van der Waals surface area contributed by atoms with Crippen LogP contribution in [0.4, 0.5) is 36.6 Å². The Kier molecular flexibility index (Phi) is 6.59. The fraction of sp³-hybridized carbons (Fsp3) is 0.423. The number of nitrogen functional groups attached to an aromatic ring is 1. The van der Waals surface area contributed by atoms with Gasteiger partial charge in [0.1, 0.15) is 17.5 Å². The first-order chi connectivity index (χ1) is 17.3. The van der Waals surface area contributed by atoms with Crippen LogP contribution in [0.25, 0.3) is 11.1 Å². The Balaban J connectivity index is 1.43. The first kappa shape index (κ1) is 24.1. The molecule has 0 saturated carbocycles. The summed E-state index contributed by atoms with van der Waals surface area (Å²) in [7, 11) is 0. The zero-order valence-electron chi connectivity index (χ0n) is 20.3. The molecule has 4 heterocycles. The summed E-state index contributed by atoms with van der Waals surface area (Å²) in [6.07, 6.45) is 0.329. The molecule has 0 radical (unpaired) electrons. The molecule has 3 aromatic rings. The van der Waals surface area contributed by atoms with Crippen molar-refractivity contribution in [3.8, 4) is 11.1 Å². The fourth-order valence-electron chi connectivity index (χ4n) is 4.92. The number of piperazine rings is 1. The Hall–Kier alpha value is -3.56. The van der Waals surface area contributed by atoms with Gasteiger partial charge in [0.05, 0.1) is 11.1 Å². The van der Waals surface area contributed by atoms with Crippen molar-refractivity contribution in [1.29, 1.82) is 0 Å². The number of halogens is 3. The lowest BCUT2D eigenvalue weighted by Crippen LogP contribution is -2.48. The maximum absolute atomic E-state index is 13.5. The lowest BCUT2D eigenvalue weighted by molar-refractivity contribution is -0.137. The Bertz CT molecular complexity index is 1200. The molecule has 0 aliphatic carbocycles. The van der Waals surface area contributed by atoms with E-state index in [9.17, 15) is 13.2 Å². The van der Waals surface area contributed by atoms with Crippen LogP contribution in [0.15, 0.2) is 42.6 Å². The third-order valence-electron chi connectivity index (χ3n) is 6.86. The molecule has 0 amide bonds. The average Bonchev–Trinajstić information content (AvgIpc) is 2.89. The molecule has 0 spiro atoms. The Morgan fingerprint density at radius 2 is 1.42 bits per heavy atom. The summed E-state index contributed by atoms with van der Waals surface area (Å²) in [6.45, 7) is 5.54. The monoisotopic (exact) mass is 497 g/mol. The molecule has 2 aromatic heterocycles. The minimum atomic E-state index is -4.45. The Morgan fingerprint density at radius 1 is 0.778 bits per heavy atom. The van der Waals surface area contributed by atoms with Crippen LogP contribution in [-0.4, -0.2) is 54.2 Å². The second-order valence-electron chi connectivity index (χ2n) is 9.37. The van der Waals surface area contributed by atoms with Crippen molar-refractivity contribution in [2.45, 2.75) is 32.4 Å². The van der Waals surface area contributed by atoms with Crippen molar-refractivity contribution in [3.63, 3.8) is 0 Å². The Labute approximate surface area is 208 Å². The highest BCUT2D eigenvalue weighted by Crippen LogP contribution is 2.38. The predicted octanol–water partition coefficient (Wildman–Crippen LogP) is 4.76. The molecule has 1 aromatic carbocycles. The van der Waals surface area contributed by atoms with Crippen LogP contribution < -0.4 is 20.4 Å². The number of nitrogens with two attached hydrogens (primary N) is 1. The van der Waals surface area contributed by atoms with Gasteiger partial charge < -0.3 is 20.4 Å². The molecular weight excluding hydrogens is 467 g/mol. The van der Waals surface area contributed by atoms with Gasteiger partial charge >= 0.3 is 6.18 Å². The van der Waals surface area contributed by atoms with Crippen LogP contribution in [-0.2, 0) is 6.18 Å². The van der Waals surface area contributed by atoms with Crippen LogP contribution in [0, 0.1) is 6.92 Å². The van der Waals surface area contributed by atoms with Crippen LogP contribution in [0.3, 0.4) is 0 Å². The number of aryl methyl sites for hydroxylation is 1. The molecule has 190 valence electrons. The zero-order chi connectivity index (χ0) is 25.3. The molecule has 0 unspecified atom stereocenters. The van der Waals surface area contributed by atoms with E-state index in [1.165, 1.54) is 18.7 Å². The van der Waals surface area contributed by atoms with E-state index in [1.807, 2.05) is 24.0 Å². The highest BCUT2D eigenvalue weighted by atomic mass is 19.4. The standard InChI is InChI=1S/C26H30F3N7/c1-18-7-9-19(10-8-18)21-22(30)32-25(33-24(21)34-12-3-2-4-13-34)36-16-14-35(15-17-36)23-20(26(27,28)29)6-5-11-31-23/h5-11H,2-4,12-17H2,1H3,(H2,30,32,33). The van der Waals surface area contributed by atoms with Gasteiger partial charge in [0, 0.05) is 45.5 Å². The number of pyridine rings is 1. The van der Waals surface area contributed by atoms with Gasteiger partial charge in [0.15, 0.2) is 0 Å². The van der Waals surface area contributed by atoms with Gasteiger partial charge in [-0.3, -0.25) is 0 Å². The largest absolute Gasteiger partial charge is 0.419 e. The minimum absolute atomic E-state index is 0.0335. The van der Waals surface area contributed by atoms with E-state index in [1.54, 1.807) is 4.90 Å². The second kappa shape index (κ2) is 9.83. The predicted molar refractivity (Wildman–Crippen MR) is 136 cm³/mol. The number of piperidine rings is 1. The van der Waals surface area contributed by atoms with E-state index < -0.39 is 11.7 Å². The summed E-state index contributed by atoms with van der Waals surface area (Å²) >= 11 is 0. The first-order valence-corrected chi connectivity index (χ1v) is 12.3. The van der Waals surface area contributed by atoms with Gasteiger partial charge in [-0.05, 0) is 43.9 Å². The average molecular weight is 498 g/mol. The molecule has 10 heteroatoms. The van der Waals surface area contributed by atoms with E-state index in [2.05, 4.69) is 27.0 Å². The lowest BCUT2D eigenvalue weighted by atomic mass is 10.0. The van der Waals surface area contributed by atoms with Crippen molar-refractivity contribution in [2.75, 3.05) is 59.7 Å². The third-order valence-corrected chi connectivity index (χ3v) is 6.86. The summed E-state index contributed by atoms with van der Waals surface area (Å²) in [6, 6.07) is 10.6. The highest BCUT2D eigenvalue weighted by Gasteiger charge is 2.36. The summed E-state index contributed by atoms with van der Waals surface area (Å²) in [5, 5.41) is 0. The molecule has 36 heavy (non-hydrogen) atoms. The number of benzene rings is 1. The fourth-order valence-corrected chi connectivity index (χ4v) is 4.92. The molecule has 0 atom stereocenters. The first-order valence-electron chi connectivity index (χ1n) is 12.3. The number of alkyl halides is 3. The molecule has 2 aliphatic heterocycles. The van der Waals surface area contributed by atoms with Gasteiger partial charge in [-0.25, -0.2) is 4.98 Å². The molecule has 2 fully saturated rings. The summed E-state index contributed by atoms with van der Waals surface area (Å²) in [5.41, 5.74) is 8.80. The molecule has 2 saturated heterocycles. The van der Waals surface area contributed by atoms with E-state index >= 15 is 0 Å². The number of hydrogen-bond donors (Lipinski definition) is 1. The van der Waals surface area contributed by atoms with Gasteiger partial charge in [-0.15, -0.1) is 0 Å². The summed E-state index contributed by atoms with van der Waals surface area (Å²) in [4.78, 5) is 19.6. The number of anilines is 4. The van der Waals surface area contributed by atoms with E-state index in [-0.39, 0.29) is 5.82 Å². The van der Waals surface area contributed by atoms with Crippen LogP contribution >= 0.6 is 0 Å². The lowest BCUT2D eigenvalue weighted by Gasteiger charge is -2.37. The molecule has 0 bridgehead atoms. The van der Waals surface area contributed by atoms with E-state index in [4.69, 9.17) is 10.7 Å². The molecule has 2 N–H and O–H groups in total. The molecule has 5 rings (SSSR count). The number of nitrogens with zero attached hydrogens (tertiary/aromatic N) is 6. The van der Waals surface area contributed by atoms with Crippen LogP contribution in [0.5, 0.6) is 0 Å². The van der Waals surface area contributed by atoms with E-state index in [0.29, 0.717) is 37.9 Å². The number of rotatable bonds is 4. The van der Waals surface area contributed by atoms with Gasteiger partial charge in [-0.2, -0.15) is 23.1 Å². The van der Waals surface area contributed by atoms with Crippen molar-refractivity contribution in [3.05, 3.63) is 53.7 Å². The van der Waals surface area contributed by atoms with Crippen molar-refractivity contribution >= 4 is 23.4 Å². The topological polar surface area (TPSA) is 74.4 Å². The quantitative estimate of drug-likeness (QED) is 0.557. The second-order valence-corrected chi connectivity index (χ2v) is 9.37. The zero-order valence-corrected chi connectivity index (χ0v) is 20.3. The van der Waals surface area contributed by atoms with Crippen LogP contribution in [0.2, 0.25) is 0 Å². The SMILES string of the molecule is Cc1ccc(-c2c(N)nc(N3CCN(c4ncccc4C(F)(F)F)CC3)nc2N2CCCCC2)cc1. The van der Waals surface area contributed by atoms with Gasteiger partial charge in [0.2, 0.25) is 5.95 Å². The maximum Gasteiger partial charge on any atom is 0.419 e. The van der Waals surface area contributed by atoms with Crippen molar-refractivity contribution < 1.29 is 13.2 Å². The number of hydrogen-bond acceptors (Lipinski definition) is 7. The third kappa shape index (κ3) is 4.89. The van der Waals surface area contributed by atoms with E-state index in [0.717, 1.165) is 54.5 Å². The van der Waals surface area contributed by atoms with Gasteiger partial charge in [-0.1, -0.05) is 29.8 Å². The Morgan fingerprint density at radius 3 is 2.08 bits per heavy atom. The minimum Gasteiger partial charge on any atom is -0.383 e. The molecule has 2 aliphatic rings. The van der Waals surface area contributed by atoms with Crippen molar-refractivity contribution in [1.82, 2.24) is 15.0 Å². The summed E-state index contributed by atoms with van der Waals surface area (Å²) < 4.78 is 40.5. The summed E-state index contributed by atoms with van der Waals surface area (Å²) in [5.74, 6) is 1.72. The van der Waals surface area contributed by atoms with Crippen LogP contribution in [0.1, 0.15) is 30.4 Å². The maximum atomic E-state index is 13.5. The highest BCUT2D eigenvalue weighted by molar-refractivity contribution is 5.85. The molecule has 7 nitrogen and oxygen atoms in total. The molecular formula is C26H30F3N7. The number of aromatic nitrogens is 3. The normalized spacial score (nSPS) is 16.9. The van der Waals surface area contributed by atoms with Crippen molar-refractivity contribution in [2.24, 2.45) is 0 Å². The van der Waals surface area contributed by atoms with Gasteiger partial charge in [0.25, 0.3) is 0 Å².